The van der Waals surface area contributed by atoms with Crippen LogP contribution in [-0.4, -0.2) is 16.5 Å². The Morgan fingerprint density at radius 2 is 2.10 bits per heavy atom. The van der Waals surface area contributed by atoms with E-state index < -0.39 is 0 Å². The fourth-order valence-corrected chi connectivity index (χ4v) is 4.57. The van der Waals surface area contributed by atoms with Crippen LogP contribution in [0.5, 0.6) is 0 Å². The van der Waals surface area contributed by atoms with Crippen LogP contribution in [0.2, 0.25) is 5.02 Å². The maximum atomic E-state index is 6.41. The van der Waals surface area contributed by atoms with Gasteiger partial charge in [-0.3, -0.25) is 0 Å². The van der Waals surface area contributed by atoms with Crippen molar-refractivity contribution in [3.05, 3.63) is 40.1 Å². The Morgan fingerprint density at radius 3 is 2.90 bits per heavy atom. The Labute approximate surface area is 134 Å². The van der Waals surface area contributed by atoms with E-state index in [1.807, 2.05) is 24.5 Å². The molecule has 0 aliphatic heterocycles. The van der Waals surface area contributed by atoms with Crippen LogP contribution in [0.4, 0.5) is 0 Å². The van der Waals surface area contributed by atoms with Gasteiger partial charge < -0.3 is 4.42 Å². The van der Waals surface area contributed by atoms with Crippen molar-refractivity contribution in [2.75, 3.05) is 6.26 Å². The van der Waals surface area contributed by atoms with E-state index in [4.69, 9.17) is 16.0 Å². The second kappa shape index (κ2) is 6.39. The first-order valence-electron chi connectivity index (χ1n) is 5.88. The fraction of sp³-hybridized carbons (Fsp3) is 0.231. The first-order chi connectivity index (χ1) is 9.78. The molecular formula is C13H11ClN2OS3. The molecule has 3 rings (SSSR count). The maximum absolute atomic E-state index is 6.41. The number of thiophene rings is 1. The summed E-state index contributed by atoms with van der Waals surface area (Å²) in [6.45, 7) is 0. The lowest BCUT2D eigenvalue weighted by Crippen LogP contribution is -1.77. The SMILES string of the molecule is CSCc1nnc(SCc2sc3ccccc3c2Cl)o1. The van der Waals surface area contributed by atoms with Crippen LogP contribution >= 0.6 is 46.5 Å². The van der Waals surface area contributed by atoms with Crippen LogP contribution in [0.1, 0.15) is 10.8 Å². The average Bonchev–Trinajstić information content (AvgIpc) is 3.03. The van der Waals surface area contributed by atoms with Gasteiger partial charge in [0.2, 0.25) is 5.89 Å². The minimum absolute atomic E-state index is 0.600. The fourth-order valence-electron chi connectivity index (χ4n) is 1.76. The van der Waals surface area contributed by atoms with Gasteiger partial charge in [-0.15, -0.1) is 21.5 Å². The van der Waals surface area contributed by atoms with E-state index in [-0.39, 0.29) is 0 Å². The van der Waals surface area contributed by atoms with Crippen molar-refractivity contribution in [2.24, 2.45) is 0 Å². The van der Waals surface area contributed by atoms with Crippen molar-refractivity contribution < 1.29 is 4.42 Å². The highest BCUT2D eigenvalue weighted by molar-refractivity contribution is 7.98. The zero-order valence-corrected chi connectivity index (χ0v) is 13.8. The van der Waals surface area contributed by atoms with Crippen molar-refractivity contribution in [3.8, 4) is 0 Å². The van der Waals surface area contributed by atoms with E-state index in [0.717, 1.165) is 26.8 Å². The van der Waals surface area contributed by atoms with E-state index in [2.05, 4.69) is 16.3 Å². The summed E-state index contributed by atoms with van der Waals surface area (Å²) >= 11 is 11.3. The molecule has 0 radical (unpaired) electrons. The Hall–Kier alpha value is -0.690. The summed E-state index contributed by atoms with van der Waals surface area (Å²) in [7, 11) is 0. The van der Waals surface area contributed by atoms with Crippen molar-refractivity contribution in [1.82, 2.24) is 10.2 Å². The number of nitrogens with zero attached hydrogens (tertiary/aromatic N) is 2. The molecule has 3 nitrogen and oxygen atoms in total. The van der Waals surface area contributed by atoms with E-state index in [1.54, 1.807) is 23.1 Å². The lowest BCUT2D eigenvalue weighted by Gasteiger charge is -1.94. The van der Waals surface area contributed by atoms with Crippen LogP contribution in [0.25, 0.3) is 10.1 Å². The summed E-state index contributed by atoms with van der Waals surface area (Å²) in [6, 6.07) is 8.16. The summed E-state index contributed by atoms with van der Waals surface area (Å²) in [5.41, 5.74) is 0. The normalized spacial score (nSPS) is 11.3. The lowest BCUT2D eigenvalue weighted by molar-refractivity contribution is 0.426. The molecule has 0 amide bonds. The molecule has 7 heteroatoms. The molecule has 3 aromatic rings. The summed E-state index contributed by atoms with van der Waals surface area (Å²) in [5.74, 6) is 2.17. The number of aromatic nitrogens is 2. The number of thioether (sulfide) groups is 2. The molecule has 0 atom stereocenters. The maximum Gasteiger partial charge on any atom is 0.276 e. The molecule has 1 aromatic carbocycles. The molecule has 0 N–H and O–H groups in total. The Balaban J connectivity index is 1.74. The second-order valence-corrected chi connectivity index (χ2v) is 7.33. The van der Waals surface area contributed by atoms with Gasteiger partial charge in [-0.2, -0.15) is 11.8 Å². The number of rotatable bonds is 5. The monoisotopic (exact) mass is 342 g/mol. The van der Waals surface area contributed by atoms with Crippen molar-refractivity contribution in [2.45, 2.75) is 16.7 Å². The van der Waals surface area contributed by atoms with Gasteiger partial charge in [0.15, 0.2) is 0 Å². The highest BCUT2D eigenvalue weighted by Gasteiger charge is 2.12. The van der Waals surface area contributed by atoms with E-state index >= 15 is 0 Å². The quantitative estimate of drug-likeness (QED) is 0.603. The van der Waals surface area contributed by atoms with Gasteiger partial charge in [-0.1, -0.05) is 41.6 Å². The van der Waals surface area contributed by atoms with Crippen molar-refractivity contribution in [1.29, 1.82) is 0 Å². The third-order valence-electron chi connectivity index (χ3n) is 2.64. The van der Waals surface area contributed by atoms with E-state index in [0.29, 0.717) is 11.1 Å². The number of hydrogen-bond donors (Lipinski definition) is 0. The topological polar surface area (TPSA) is 38.9 Å². The van der Waals surface area contributed by atoms with Gasteiger partial charge in [-0.25, -0.2) is 0 Å². The Morgan fingerprint density at radius 1 is 1.25 bits per heavy atom. The predicted octanol–water partition coefficient (Wildman–Crippen LogP) is 5.09. The van der Waals surface area contributed by atoms with Gasteiger partial charge in [0.25, 0.3) is 5.22 Å². The van der Waals surface area contributed by atoms with Gasteiger partial charge in [0.05, 0.1) is 10.8 Å². The molecule has 2 aromatic heterocycles. The number of halogens is 1. The summed E-state index contributed by atoms with van der Waals surface area (Å²) in [5, 5.41) is 10.6. The first-order valence-corrected chi connectivity index (χ1v) is 9.45. The summed E-state index contributed by atoms with van der Waals surface area (Å²) in [4.78, 5) is 1.14. The molecular weight excluding hydrogens is 332 g/mol. The Kier molecular flexibility index (Phi) is 4.55. The molecule has 0 saturated heterocycles. The molecule has 0 aliphatic carbocycles. The van der Waals surface area contributed by atoms with Crippen LogP contribution in [0.15, 0.2) is 33.9 Å². The third kappa shape index (κ3) is 2.98. The molecule has 0 fully saturated rings. The van der Waals surface area contributed by atoms with Gasteiger partial charge >= 0.3 is 0 Å². The Bertz CT molecular complexity index is 725. The molecule has 0 aliphatic rings. The number of fused-ring (bicyclic) bond motifs is 1. The van der Waals surface area contributed by atoms with Gasteiger partial charge in [-0.05, 0) is 12.3 Å². The van der Waals surface area contributed by atoms with Gasteiger partial charge in [0.1, 0.15) is 0 Å². The highest BCUT2D eigenvalue weighted by atomic mass is 35.5. The summed E-state index contributed by atoms with van der Waals surface area (Å²) in [6.07, 6.45) is 2.01. The highest BCUT2D eigenvalue weighted by Crippen LogP contribution is 2.38. The van der Waals surface area contributed by atoms with Crippen LogP contribution in [-0.2, 0) is 11.5 Å². The molecule has 0 spiro atoms. The van der Waals surface area contributed by atoms with Crippen LogP contribution in [0, 0.1) is 0 Å². The molecule has 0 saturated carbocycles. The third-order valence-corrected chi connectivity index (χ3v) is 5.92. The summed E-state index contributed by atoms with van der Waals surface area (Å²) < 4.78 is 6.75. The molecule has 0 bridgehead atoms. The van der Waals surface area contributed by atoms with Gasteiger partial charge in [0, 0.05) is 20.7 Å². The van der Waals surface area contributed by atoms with Crippen LogP contribution < -0.4 is 0 Å². The number of hydrogen-bond acceptors (Lipinski definition) is 6. The molecule has 0 unspecified atom stereocenters. The van der Waals surface area contributed by atoms with Crippen molar-refractivity contribution >= 4 is 56.5 Å². The van der Waals surface area contributed by atoms with E-state index in [9.17, 15) is 0 Å². The first kappa shape index (κ1) is 14.3. The van der Waals surface area contributed by atoms with Crippen LogP contribution in [0.3, 0.4) is 0 Å². The molecule has 2 heterocycles. The lowest BCUT2D eigenvalue weighted by atomic mass is 10.2. The predicted molar refractivity (Wildman–Crippen MR) is 87.9 cm³/mol. The van der Waals surface area contributed by atoms with E-state index in [1.165, 1.54) is 16.5 Å². The average molecular weight is 343 g/mol. The molecule has 104 valence electrons. The smallest absolute Gasteiger partial charge is 0.276 e. The second-order valence-electron chi connectivity index (χ2n) is 4.02. The minimum Gasteiger partial charge on any atom is -0.415 e. The zero-order chi connectivity index (χ0) is 13.9. The zero-order valence-electron chi connectivity index (χ0n) is 10.6. The standard InChI is InChI=1S/C13H11ClN2OS3/c1-18-7-11-15-16-13(17-11)19-6-10-12(14)8-4-2-3-5-9(8)20-10/h2-5H,6-7H2,1H3. The minimum atomic E-state index is 0.600. The largest absolute Gasteiger partial charge is 0.415 e. The molecule has 20 heavy (non-hydrogen) atoms. The van der Waals surface area contributed by atoms with Crippen molar-refractivity contribution in [3.63, 3.8) is 0 Å². The number of benzene rings is 1.